The Bertz CT molecular complexity index is 1170. The Morgan fingerprint density at radius 3 is 1.22 bits per heavy atom. The molecule has 0 amide bonds. The van der Waals surface area contributed by atoms with Crippen molar-refractivity contribution in [3.05, 3.63) is 79.9 Å². The molecule has 0 saturated carbocycles. The number of rotatable bonds is 22. The first-order valence-electron chi connectivity index (χ1n) is 14.4. The number of non-ortho nitro benzene ring substituents is 2. The fraction of sp³-hybridized carbons (Fsp3) is 0.467. The molecular formula is C30H36N2O13. The van der Waals surface area contributed by atoms with E-state index in [1.165, 1.54) is 48.5 Å². The third-order valence-corrected chi connectivity index (χ3v) is 6.13. The van der Waals surface area contributed by atoms with Crippen molar-refractivity contribution in [2.24, 2.45) is 0 Å². The minimum atomic E-state index is -0.573. The van der Waals surface area contributed by atoms with Gasteiger partial charge in [0.2, 0.25) is 0 Å². The third kappa shape index (κ3) is 15.4. The number of carbonyl (C=O) groups excluding carboxylic acids is 4. The van der Waals surface area contributed by atoms with Crippen LogP contribution in [0.1, 0.15) is 72.1 Å². The highest BCUT2D eigenvalue weighted by Crippen LogP contribution is 2.14. The Hall–Kier alpha value is -4.92. The van der Waals surface area contributed by atoms with Crippen LogP contribution in [0.25, 0.3) is 0 Å². The van der Waals surface area contributed by atoms with E-state index in [9.17, 15) is 39.4 Å². The largest absolute Gasteiger partial charge is 0.463 e. The number of carbonyl (C=O) groups is 4. The van der Waals surface area contributed by atoms with E-state index in [-0.39, 0.29) is 86.9 Å². The van der Waals surface area contributed by atoms with Crippen molar-refractivity contribution in [2.75, 3.05) is 39.6 Å². The van der Waals surface area contributed by atoms with Gasteiger partial charge in [-0.3, -0.25) is 29.8 Å². The highest BCUT2D eigenvalue weighted by atomic mass is 16.6. The van der Waals surface area contributed by atoms with Crippen LogP contribution in [0.2, 0.25) is 0 Å². The molecule has 2 rings (SSSR count). The van der Waals surface area contributed by atoms with E-state index >= 15 is 0 Å². The maximum Gasteiger partial charge on any atom is 0.338 e. The Balaban J connectivity index is 1.36. The summed E-state index contributed by atoms with van der Waals surface area (Å²) in [5.41, 5.74) is 0.215. The Labute approximate surface area is 259 Å². The molecule has 0 saturated heterocycles. The van der Waals surface area contributed by atoms with Gasteiger partial charge >= 0.3 is 23.9 Å². The standard InChI is InChI=1S/C30H36N2O13/c33-27(7-3-1-5-17-44-29(35)23-9-13-25(14-10-23)31(37)38)42-21-19-41-20-22-43-28(34)8-4-2-6-18-45-30(36)24-11-15-26(16-12-24)32(39)40/h9-16H,1-8,17-22H2. The van der Waals surface area contributed by atoms with E-state index in [0.29, 0.717) is 38.5 Å². The number of unbranched alkanes of at least 4 members (excludes halogenated alkanes) is 4. The number of nitro groups is 2. The third-order valence-electron chi connectivity index (χ3n) is 6.13. The first-order chi connectivity index (χ1) is 21.7. The van der Waals surface area contributed by atoms with Gasteiger partial charge in [0.05, 0.1) is 47.4 Å². The van der Waals surface area contributed by atoms with E-state index in [4.69, 9.17) is 23.7 Å². The van der Waals surface area contributed by atoms with Crippen LogP contribution < -0.4 is 0 Å². The van der Waals surface area contributed by atoms with E-state index in [1.807, 2.05) is 0 Å². The molecule has 2 aromatic carbocycles. The smallest absolute Gasteiger partial charge is 0.338 e. The lowest BCUT2D eigenvalue weighted by atomic mass is 10.2. The Morgan fingerprint density at radius 1 is 0.489 bits per heavy atom. The lowest BCUT2D eigenvalue weighted by Crippen LogP contribution is -2.14. The van der Waals surface area contributed by atoms with E-state index in [1.54, 1.807) is 0 Å². The van der Waals surface area contributed by atoms with Crippen molar-refractivity contribution in [3.8, 4) is 0 Å². The van der Waals surface area contributed by atoms with E-state index in [2.05, 4.69) is 0 Å². The number of benzene rings is 2. The fourth-order valence-corrected chi connectivity index (χ4v) is 3.71. The van der Waals surface area contributed by atoms with Gasteiger partial charge in [0.1, 0.15) is 13.2 Å². The summed E-state index contributed by atoms with van der Waals surface area (Å²) < 4.78 is 25.7. The van der Waals surface area contributed by atoms with Gasteiger partial charge in [0, 0.05) is 37.1 Å². The average Bonchev–Trinajstić information content (AvgIpc) is 3.03. The van der Waals surface area contributed by atoms with Crippen LogP contribution in [-0.4, -0.2) is 73.4 Å². The molecule has 0 bridgehead atoms. The number of esters is 4. The first-order valence-corrected chi connectivity index (χ1v) is 14.4. The van der Waals surface area contributed by atoms with Crippen LogP contribution in [0.5, 0.6) is 0 Å². The minimum Gasteiger partial charge on any atom is -0.463 e. The zero-order chi connectivity index (χ0) is 32.9. The molecule has 15 heteroatoms. The molecule has 244 valence electrons. The molecule has 2 aromatic rings. The van der Waals surface area contributed by atoms with Gasteiger partial charge in [-0.05, 0) is 62.8 Å². The highest BCUT2D eigenvalue weighted by Gasteiger charge is 2.12. The van der Waals surface area contributed by atoms with Crippen molar-refractivity contribution in [2.45, 2.75) is 51.4 Å². The fourth-order valence-electron chi connectivity index (χ4n) is 3.71. The number of nitro benzene ring substituents is 2. The lowest BCUT2D eigenvalue weighted by Gasteiger charge is -2.08. The maximum absolute atomic E-state index is 11.9. The second-order valence-corrected chi connectivity index (χ2v) is 9.55. The number of ether oxygens (including phenoxy) is 5. The summed E-state index contributed by atoms with van der Waals surface area (Å²) in [6.45, 7) is 0.756. The molecule has 0 radical (unpaired) electrons. The molecule has 45 heavy (non-hydrogen) atoms. The zero-order valence-corrected chi connectivity index (χ0v) is 24.7. The number of nitrogens with zero attached hydrogens (tertiary/aromatic N) is 2. The Morgan fingerprint density at radius 2 is 0.867 bits per heavy atom. The van der Waals surface area contributed by atoms with E-state index < -0.39 is 21.8 Å². The van der Waals surface area contributed by atoms with Crippen molar-refractivity contribution < 1.29 is 52.7 Å². The van der Waals surface area contributed by atoms with Crippen molar-refractivity contribution in [1.82, 2.24) is 0 Å². The number of hydrogen-bond donors (Lipinski definition) is 0. The summed E-state index contributed by atoms with van der Waals surface area (Å²) in [5.74, 6) is -1.91. The van der Waals surface area contributed by atoms with Gasteiger partial charge < -0.3 is 23.7 Å². The SMILES string of the molecule is O=C(CCCCCOC(=O)c1ccc([N+](=O)[O-])cc1)OCCOCCOC(=O)CCCCCOC(=O)c1ccc([N+](=O)[O-])cc1. The second kappa shape index (κ2) is 20.9. The molecule has 0 aliphatic rings. The molecule has 0 fully saturated rings. The van der Waals surface area contributed by atoms with Crippen molar-refractivity contribution in [1.29, 1.82) is 0 Å². The topological polar surface area (TPSA) is 201 Å². The van der Waals surface area contributed by atoms with Gasteiger partial charge in [0.25, 0.3) is 11.4 Å². The van der Waals surface area contributed by atoms with Gasteiger partial charge in [-0.15, -0.1) is 0 Å². The first kappa shape index (κ1) is 36.3. The van der Waals surface area contributed by atoms with Crippen LogP contribution in [0, 0.1) is 20.2 Å². The Kier molecular flexibility index (Phi) is 16.8. The molecule has 0 atom stereocenters. The molecule has 0 aliphatic carbocycles. The molecular weight excluding hydrogens is 596 g/mol. The van der Waals surface area contributed by atoms with Gasteiger partial charge in [-0.2, -0.15) is 0 Å². The quantitative estimate of drug-likeness (QED) is 0.0567. The van der Waals surface area contributed by atoms with E-state index in [0.717, 1.165) is 0 Å². The molecule has 15 nitrogen and oxygen atoms in total. The lowest BCUT2D eigenvalue weighted by molar-refractivity contribution is -0.385. The van der Waals surface area contributed by atoms with Crippen LogP contribution in [0.3, 0.4) is 0 Å². The molecule has 0 aromatic heterocycles. The number of hydrogen-bond acceptors (Lipinski definition) is 13. The summed E-state index contributed by atoms with van der Waals surface area (Å²) in [6.07, 6.45) is 3.90. The average molecular weight is 633 g/mol. The van der Waals surface area contributed by atoms with Crippen molar-refractivity contribution >= 4 is 35.3 Å². The predicted molar refractivity (Wildman–Crippen MR) is 156 cm³/mol. The van der Waals surface area contributed by atoms with Gasteiger partial charge in [0.15, 0.2) is 0 Å². The summed E-state index contributed by atoms with van der Waals surface area (Å²) in [5, 5.41) is 21.3. The summed E-state index contributed by atoms with van der Waals surface area (Å²) in [7, 11) is 0. The normalized spacial score (nSPS) is 10.5. The maximum atomic E-state index is 11.9. The molecule has 0 aliphatic heterocycles. The van der Waals surface area contributed by atoms with Crippen LogP contribution >= 0.6 is 0 Å². The minimum absolute atomic E-state index is 0.0639. The van der Waals surface area contributed by atoms with Crippen LogP contribution in [-0.2, 0) is 33.3 Å². The van der Waals surface area contributed by atoms with Crippen molar-refractivity contribution in [3.63, 3.8) is 0 Å². The molecule has 0 spiro atoms. The monoisotopic (exact) mass is 632 g/mol. The summed E-state index contributed by atoms with van der Waals surface area (Å²) >= 11 is 0. The summed E-state index contributed by atoms with van der Waals surface area (Å²) in [4.78, 5) is 67.6. The van der Waals surface area contributed by atoms with Gasteiger partial charge in [-0.1, -0.05) is 0 Å². The zero-order valence-electron chi connectivity index (χ0n) is 24.7. The molecule has 0 heterocycles. The molecule has 0 N–H and O–H groups in total. The van der Waals surface area contributed by atoms with Gasteiger partial charge in [-0.25, -0.2) is 9.59 Å². The highest BCUT2D eigenvalue weighted by molar-refractivity contribution is 5.90. The van der Waals surface area contributed by atoms with Crippen LogP contribution in [0.15, 0.2) is 48.5 Å². The predicted octanol–water partition coefficient (Wildman–Crippen LogP) is 4.74. The van der Waals surface area contributed by atoms with Crippen LogP contribution in [0.4, 0.5) is 11.4 Å². The second-order valence-electron chi connectivity index (χ2n) is 9.55. The summed E-state index contributed by atoms with van der Waals surface area (Å²) in [6, 6.07) is 10.2. The molecule has 0 unspecified atom stereocenters.